The lowest BCUT2D eigenvalue weighted by molar-refractivity contribution is 0.0186. The maximum atomic E-state index is 5.58. The number of guanidine groups is 1. The highest BCUT2D eigenvalue weighted by atomic mass is 32.1. The molecule has 0 saturated carbocycles. The third kappa shape index (κ3) is 6.95. The molecule has 3 rings (SSSR count). The average Bonchev–Trinajstić information content (AvgIpc) is 3.17. The van der Waals surface area contributed by atoms with Gasteiger partial charge in [-0.3, -0.25) is 9.89 Å². The van der Waals surface area contributed by atoms with Crippen molar-refractivity contribution in [2.75, 3.05) is 59.0 Å². The average molecular weight is 422 g/mol. The smallest absolute Gasteiger partial charge is 0.191 e. The molecule has 2 aliphatic heterocycles. The van der Waals surface area contributed by atoms with E-state index < -0.39 is 0 Å². The maximum Gasteiger partial charge on any atom is 0.191 e. The second-order valence-electron chi connectivity index (χ2n) is 8.09. The minimum absolute atomic E-state index is 0.333. The lowest BCUT2D eigenvalue weighted by Crippen LogP contribution is -2.49. The number of aryl methyl sites for hydroxylation is 1. The maximum absolute atomic E-state index is 5.58. The summed E-state index contributed by atoms with van der Waals surface area (Å²) in [6, 6.07) is 5.36. The van der Waals surface area contributed by atoms with Gasteiger partial charge in [0.15, 0.2) is 5.96 Å². The molecule has 1 aromatic rings. The van der Waals surface area contributed by atoms with Gasteiger partial charge in [0.1, 0.15) is 0 Å². The quantitative estimate of drug-likeness (QED) is 0.499. The van der Waals surface area contributed by atoms with E-state index >= 15 is 0 Å². The fourth-order valence-electron chi connectivity index (χ4n) is 4.22. The molecular weight excluding hydrogens is 382 g/mol. The van der Waals surface area contributed by atoms with Crippen molar-refractivity contribution in [1.82, 2.24) is 20.4 Å². The van der Waals surface area contributed by atoms with Crippen molar-refractivity contribution >= 4 is 17.3 Å². The van der Waals surface area contributed by atoms with E-state index in [4.69, 9.17) is 9.73 Å². The van der Waals surface area contributed by atoms with E-state index in [1.54, 1.807) is 0 Å². The van der Waals surface area contributed by atoms with Crippen LogP contribution in [-0.2, 0) is 4.74 Å². The zero-order valence-electron chi connectivity index (χ0n) is 18.5. The zero-order chi connectivity index (χ0) is 20.5. The molecule has 6 nitrogen and oxygen atoms in total. The predicted molar refractivity (Wildman–Crippen MR) is 123 cm³/mol. The van der Waals surface area contributed by atoms with Crippen LogP contribution >= 0.6 is 11.3 Å². The number of thiophene rings is 1. The number of hydrogen-bond acceptors (Lipinski definition) is 5. The van der Waals surface area contributed by atoms with E-state index in [9.17, 15) is 0 Å². The molecule has 0 spiro atoms. The fraction of sp³-hybridized carbons (Fsp3) is 0.773. The zero-order valence-corrected chi connectivity index (χ0v) is 19.3. The lowest BCUT2D eigenvalue weighted by atomic mass is 10.1. The van der Waals surface area contributed by atoms with Crippen molar-refractivity contribution in [1.29, 1.82) is 0 Å². The van der Waals surface area contributed by atoms with Gasteiger partial charge in [-0.05, 0) is 51.8 Å². The van der Waals surface area contributed by atoms with Crippen LogP contribution in [0.15, 0.2) is 17.1 Å². The molecule has 2 N–H and O–H groups in total. The highest BCUT2D eigenvalue weighted by molar-refractivity contribution is 7.12. The molecule has 0 aromatic carbocycles. The van der Waals surface area contributed by atoms with Gasteiger partial charge in [-0.25, -0.2) is 0 Å². The summed E-state index contributed by atoms with van der Waals surface area (Å²) in [5.74, 6) is 0.966. The Morgan fingerprint density at radius 2 is 1.97 bits per heavy atom. The van der Waals surface area contributed by atoms with Crippen molar-refractivity contribution in [3.63, 3.8) is 0 Å². The first-order valence-corrected chi connectivity index (χ1v) is 12.2. The van der Waals surface area contributed by atoms with E-state index in [2.05, 4.69) is 53.3 Å². The van der Waals surface area contributed by atoms with E-state index in [0.717, 1.165) is 45.4 Å². The molecule has 2 fully saturated rings. The minimum Gasteiger partial charge on any atom is -0.379 e. The molecule has 1 aromatic heterocycles. The van der Waals surface area contributed by atoms with E-state index in [1.807, 2.05) is 11.3 Å². The van der Waals surface area contributed by atoms with Gasteiger partial charge in [0, 0.05) is 48.5 Å². The molecule has 2 saturated heterocycles. The first-order chi connectivity index (χ1) is 14.2. The molecule has 164 valence electrons. The fourth-order valence-corrected chi connectivity index (χ4v) is 5.22. The monoisotopic (exact) mass is 421 g/mol. The molecular formula is C22H39N5OS. The molecule has 0 amide bonds. The van der Waals surface area contributed by atoms with Crippen molar-refractivity contribution in [2.45, 2.75) is 52.1 Å². The minimum atomic E-state index is 0.333. The van der Waals surface area contributed by atoms with Gasteiger partial charge in [0.2, 0.25) is 0 Å². The number of hydrogen-bond donors (Lipinski definition) is 2. The van der Waals surface area contributed by atoms with E-state index in [1.165, 1.54) is 48.7 Å². The molecule has 1 unspecified atom stereocenters. The Labute approximate surface area is 180 Å². The van der Waals surface area contributed by atoms with Gasteiger partial charge in [-0.15, -0.1) is 11.3 Å². The standard InChI is InChI=1S/C22H39N5OS/c1-4-10-26-11-8-19(9-12-26)25-22(23-5-2)24-17-20(21-7-6-18(3)29-21)27-13-15-28-16-14-27/h6-7,19-20H,4-5,8-17H2,1-3H3,(H2,23,24,25). The second kappa shape index (κ2) is 11.9. The Morgan fingerprint density at radius 1 is 1.21 bits per heavy atom. The topological polar surface area (TPSA) is 52.1 Å². The highest BCUT2D eigenvalue weighted by Crippen LogP contribution is 2.28. The van der Waals surface area contributed by atoms with Gasteiger partial charge >= 0.3 is 0 Å². The van der Waals surface area contributed by atoms with E-state index in [0.29, 0.717) is 12.1 Å². The van der Waals surface area contributed by atoms with Crippen molar-refractivity contribution < 1.29 is 4.74 Å². The molecule has 7 heteroatoms. The SMILES string of the molecule is CCCN1CCC(NC(=NCC(c2ccc(C)s2)N2CCOCC2)NCC)CC1. The van der Waals surface area contributed by atoms with Crippen molar-refractivity contribution in [3.05, 3.63) is 21.9 Å². The second-order valence-corrected chi connectivity index (χ2v) is 9.41. The van der Waals surface area contributed by atoms with Crippen molar-refractivity contribution in [3.8, 4) is 0 Å². The molecule has 1 atom stereocenters. The first-order valence-electron chi connectivity index (χ1n) is 11.3. The number of piperidine rings is 1. The van der Waals surface area contributed by atoms with Gasteiger partial charge in [-0.1, -0.05) is 6.92 Å². The Balaban J connectivity index is 1.62. The van der Waals surface area contributed by atoms with Crippen LogP contribution in [0.3, 0.4) is 0 Å². The van der Waals surface area contributed by atoms with Crippen LogP contribution in [0.5, 0.6) is 0 Å². The summed E-state index contributed by atoms with van der Waals surface area (Å²) in [7, 11) is 0. The van der Waals surface area contributed by atoms with Crippen LogP contribution in [0, 0.1) is 6.92 Å². The number of nitrogens with zero attached hydrogens (tertiary/aromatic N) is 3. The summed E-state index contributed by atoms with van der Waals surface area (Å²) in [6.07, 6.45) is 3.64. The van der Waals surface area contributed by atoms with Crippen LogP contribution in [-0.4, -0.2) is 80.8 Å². The summed E-state index contributed by atoms with van der Waals surface area (Å²) in [6.45, 7) is 15.5. The Hall–Kier alpha value is -1.15. The summed E-state index contributed by atoms with van der Waals surface area (Å²) >= 11 is 1.90. The van der Waals surface area contributed by atoms with Gasteiger partial charge in [0.05, 0.1) is 25.8 Å². The van der Waals surface area contributed by atoms with Crippen LogP contribution in [0.4, 0.5) is 0 Å². The van der Waals surface area contributed by atoms with Crippen LogP contribution < -0.4 is 10.6 Å². The number of ether oxygens (including phenoxy) is 1. The number of nitrogens with one attached hydrogen (secondary N) is 2. The molecule has 29 heavy (non-hydrogen) atoms. The normalized spacial score (nSPS) is 21.3. The van der Waals surface area contributed by atoms with Crippen LogP contribution in [0.25, 0.3) is 0 Å². The molecule has 2 aliphatic rings. The highest BCUT2D eigenvalue weighted by Gasteiger charge is 2.24. The Morgan fingerprint density at radius 3 is 2.59 bits per heavy atom. The van der Waals surface area contributed by atoms with Gasteiger partial charge in [-0.2, -0.15) is 0 Å². The lowest BCUT2D eigenvalue weighted by Gasteiger charge is -2.34. The largest absolute Gasteiger partial charge is 0.379 e. The summed E-state index contributed by atoms with van der Waals surface area (Å²) in [5.41, 5.74) is 0. The van der Waals surface area contributed by atoms with Crippen LogP contribution in [0.2, 0.25) is 0 Å². The molecule has 0 aliphatic carbocycles. The van der Waals surface area contributed by atoms with Crippen LogP contribution in [0.1, 0.15) is 48.9 Å². The number of likely N-dealkylation sites (tertiary alicyclic amines) is 1. The predicted octanol–water partition coefficient (Wildman–Crippen LogP) is 2.86. The number of rotatable bonds is 8. The Kier molecular flexibility index (Phi) is 9.24. The third-order valence-electron chi connectivity index (χ3n) is 5.81. The Bertz CT molecular complexity index is 620. The van der Waals surface area contributed by atoms with Gasteiger partial charge in [0.25, 0.3) is 0 Å². The number of aliphatic imine (C=N–C) groups is 1. The molecule has 0 bridgehead atoms. The first kappa shape index (κ1) is 22.5. The third-order valence-corrected chi connectivity index (χ3v) is 6.91. The summed E-state index contributed by atoms with van der Waals surface area (Å²) in [5, 5.41) is 7.17. The van der Waals surface area contributed by atoms with Crippen molar-refractivity contribution in [2.24, 2.45) is 4.99 Å². The van der Waals surface area contributed by atoms with E-state index in [-0.39, 0.29) is 0 Å². The van der Waals surface area contributed by atoms with Gasteiger partial charge < -0.3 is 20.3 Å². The summed E-state index contributed by atoms with van der Waals surface area (Å²) < 4.78 is 5.58. The number of morpholine rings is 1. The molecule has 3 heterocycles. The summed E-state index contributed by atoms with van der Waals surface area (Å²) in [4.78, 5) is 12.9. The molecule has 0 radical (unpaired) electrons.